The lowest BCUT2D eigenvalue weighted by atomic mass is 9.98. The van der Waals surface area contributed by atoms with Crippen LogP contribution in [0.25, 0.3) is 22.6 Å². The zero-order valence-electron chi connectivity index (χ0n) is 27.3. The van der Waals surface area contributed by atoms with E-state index in [9.17, 15) is 9.18 Å². The number of nitrogens with two attached hydrogens (primary N) is 1. The Morgan fingerprint density at radius 2 is 1.81 bits per heavy atom. The number of carbonyl (C=O) groups is 1. The van der Waals surface area contributed by atoms with Crippen molar-refractivity contribution >= 4 is 22.9 Å². The lowest BCUT2D eigenvalue weighted by Gasteiger charge is -2.27. The van der Waals surface area contributed by atoms with Gasteiger partial charge in [0.2, 0.25) is 0 Å². The van der Waals surface area contributed by atoms with Crippen LogP contribution in [0.3, 0.4) is 0 Å². The van der Waals surface area contributed by atoms with E-state index in [1.54, 1.807) is 18.0 Å². The minimum atomic E-state index is -0.483. The quantitative estimate of drug-likeness (QED) is 0.212. The maximum Gasteiger partial charge on any atom is 0.410 e. The summed E-state index contributed by atoms with van der Waals surface area (Å²) in [4.78, 5) is 18.7. The maximum absolute atomic E-state index is 14.1. The Labute approximate surface area is 251 Å². The van der Waals surface area contributed by atoms with E-state index < -0.39 is 5.60 Å². The number of rotatable bonds is 12. The van der Waals surface area contributed by atoms with Crippen molar-refractivity contribution in [3.63, 3.8) is 0 Å². The number of aromatic nitrogens is 4. The highest BCUT2D eigenvalue weighted by molar-refractivity contribution is 5.81. The predicted octanol–water partition coefficient (Wildman–Crippen LogP) is 8.57. The molecule has 0 saturated heterocycles. The SMILES string of the molecule is CC.CC.CCC(CC)=C(/C=C\Cn1c(-c2nonc2N)nc2ccc(F)cc21)CCCN(C)C(=O)OC(C)(C)CC. The van der Waals surface area contributed by atoms with Crippen LogP contribution in [0.5, 0.6) is 0 Å². The maximum atomic E-state index is 14.1. The predicted molar refractivity (Wildman–Crippen MR) is 170 cm³/mol. The van der Waals surface area contributed by atoms with E-state index in [-0.39, 0.29) is 17.7 Å². The smallest absolute Gasteiger partial charge is 0.410 e. The Bertz CT molecular complexity index is 1300. The fourth-order valence-electron chi connectivity index (χ4n) is 4.18. The minimum absolute atomic E-state index is 0.121. The van der Waals surface area contributed by atoms with E-state index in [0.29, 0.717) is 35.6 Å². The molecule has 0 saturated carbocycles. The second-order valence-electron chi connectivity index (χ2n) is 9.92. The topological polar surface area (TPSA) is 112 Å². The summed E-state index contributed by atoms with van der Waals surface area (Å²) in [5.41, 5.74) is 9.59. The highest BCUT2D eigenvalue weighted by Gasteiger charge is 2.23. The van der Waals surface area contributed by atoms with Gasteiger partial charge in [-0.1, -0.05) is 66.2 Å². The first kappa shape index (κ1) is 36.3. The van der Waals surface area contributed by atoms with Crippen molar-refractivity contribution in [2.45, 2.75) is 107 Å². The number of ether oxygens (including phenoxy) is 1. The first-order chi connectivity index (χ1) is 20.1. The fraction of sp³-hybridized carbons (Fsp3) is 0.562. The molecule has 0 radical (unpaired) electrons. The molecule has 2 heterocycles. The van der Waals surface area contributed by atoms with Crippen molar-refractivity contribution < 1.29 is 18.6 Å². The van der Waals surface area contributed by atoms with E-state index in [1.165, 1.54) is 23.3 Å². The van der Waals surface area contributed by atoms with Gasteiger partial charge in [-0.15, -0.1) is 0 Å². The Kier molecular flexibility index (Phi) is 15.6. The van der Waals surface area contributed by atoms with Gasteiger partial charge in [0, 0.05) is 20.1 Å². The average Bonchev–Trinajstić information content (AvgIpc) is 3.57. The van der Waals surface area contributed by atoms with E-state index in [0.717, 1.165) is 32.1 Å². The molecule has 42 heavy (non-hydrogen) atoms. The summed E-state index contributed by atoms with van der Waals surface area (Å²) in [6, 6.07) is 4.44. The van der Waals surface area contributed by atoms with Crippen molar-refractivity contribution in [1.82, 2.24) is 24.8 Å². The van der Waals surface area contributed by atoms with Crippen LogP contribution >= 0.6 is 0 Å². The summed E-state index contributed by atoms with van der Waals surface area (Å²) in [6.45, 7) is 19.1. The van der Waals surface area contributed by atoms with Crippen LogP contribution in [-0.4, -0.2) is 50.1 Å². The highest BCUT2D eigenvalue weighted by Crippen LogP contribution is 2.28. The number of hydrogen-bond donors (Lipinski definition) is 1. The third-order valence-corrected chi connectivity index (χ3v) is 6.82. The van der Waals surface area contributed by atoms with E-state index in [1.807, 2.05) is 59.1 Å². The van der Waals surface area contributed by atoms with E-state index in [4.69, 9.17) is 15.1 Å². The third-order valence-electron chi connectivity index (χ3n) is 6.82. The number of halogens is 1. The lowest BCUT2D eigenvalue weighted by Crippen LogP contribution is -2.36. The molecule has 9 nitrogen and oxygen atoms in total. The molecular formula is C32H51FN6O3. The van der Waals surface area contributed by atoms with Gasteiger partial charge in [-0.3, -0.25) is 0 Å². The number of imidazole rings is 1. The molecule has 234 valence electrons. The van der Waals surface area contributed by atoms with Crippen molar-refractivity contribution in [3.05, 3.63) is 47.3 Å². The summed E-state index contributed by atoms with van der Waals surface area (Å²) < 4.78 is 26.3. The molecule has 0 fully saturated rings. The Hall–Kier alpha value is -3.69. The minimum Gasteiger partial charge on any atom is -0.443 e. The number of benzene rings is 1. The summed E-state index contributed by atoms with van der Waals surface area (Å²) in [7, 11) is 1.77. The molecule has 0 bridgehead atoms. The molecule has 1 amide bonds. The Balaban J connectivity index is 0.00000211. The van der Waals surface area contributed by atoms with Gasteiger partial charge in [0.15, 0.2) is 17.3 Å². The first-order valence-electron chi connectivity index (χ1n) is 15.2. The van der Waals surface area contributed by atoms with Crippen LogP contribution in [0.4, 0.5) is 15.0 Å². The Morgan fingerprint density at radius 1 is 1.14 bits per heavy atom. The van der Waals surface area contributed by atoms with Crippen molar-refractivity contribution in [2.24, 2.45) is 0 Å². The van der Waals surface area contributed by atoms with Gasteiger partial charge in [0.05, 0.1) is 11.0 Å². The lowest BCUT2D eigenvalue weighted by molar-refractivity contribution is 0.0156. The fourth-order valence-corrected chi connectivity index (χ4v) is 4.18. The van der Waals surface area contributed by atoms with Gasteiger partial charge in [-0.05, 0) is 80.0 Å². The molecule has 2 N–H and O–H groups in total. The number of amides is 1. The van der Waals surface area contributed by atoms with Crippen LogP contribution in [-0.2, 0) is 11.3 Å². The zero-order valence-corrected chi connectivity index (χ0v) is 27.3. The Morgan fingerprint density at radius 3 is 2.38 bits per heavy atom. The van der Waals surface area contributed by atoms with Gasteiger partial charge >= 0.3 is 6.09 Å². The van der Waals surface area contributed by atoms with Crippen molar-refractivity contribution in [2.75, 3.05) is 19.3 Å². The normalized spacial score (nSPS) is 11.0. The number of hydrogen-bond acceptors (Lipinski definition) is 7. The number of anilines is 1. The molecule has 3 aromatic rings. The average molecular weight is 587 g/mol. The molecule has 0 atom stereocenters. The summed E-state index contributed by atoms with van der Waals surface area (Å²) >= 11 is 0. The summed E-state index contributed by atoms with van der Waals surface area (Å²) in [6.07, 6.45) is 8.07. The van der Waals surface area contributed by atoms with Crippen LogP contribution in [0.2, 0.25) is 0 Å². The number of allylic oxidation sites excluding steroid dienone is 4. The monoisotopic (exact) mass is 586 g/mol. The van der Waals surface area contributed by atoms with E-state index >= 15 is 0 Å². The first-order valence-corrected chi connectivity index (χ1v) is 15.2. The van der Waals surface area contributed by atoms with Gasteiger partial charge in [0.25, 0.3) is 0 Å². The second kappa shape index (κ2) is 18.0. The number of nitrogen functional groups attached to an aromatic ring is 1. The molecule has 0 aliphatic rings. The van der Waals surface area contributed by atoms with Gasteiger partial charge in [-0.2, -0.15) is 0 Å². The zero-order chi connectivity index (χ0) is 31.9. The van der Waals surface area contributed by atoms with Crippen LogP contribution in [0, 0.1) is 5.82 Å². The van der Waals surface area contributed by atoms with Crippen molar-refractivity contribution in [3.8, 4) is 11.5 Å². The van der Waals surface area contributed by atoms with Crippen LogP contribution in [0.15, 0.2) is 46.1 Å². The molecule has 3 rings (SSSR count). The molecule has 10 heteroatoms. The molecule has 0 aliphatic heterocycles. The summed E-state index contributed by atoms with van der Waals surface area (Å²) in [5.74, 6) is 0.224. The van der Waals surface area contributed by atoms with Crippen molar-refractivity contribution in [1.29, 1.82) is 0 Å². The second-order valence-corrected chi connectivity index (χ2v) is 9.92. The standard InChI is InChI=1S/C28H39FN6O3.2C2H6/c1-7-19(8-2)20(12-10-16-34(6)27(36)37-28(4,5)9-3)13-11-17-35-23-18-21(29)14-15-22(23)31-26(35)24-25(30)33-38-32-24;2*1-2/h11,13-15,18H,7-10,12,16-17H2,1-6H3,(H2,30,33);2*1-2H3/b13-11-;;. The molecular weight excluding hydrogens is 535 g/mol. The molecule has 0 spiro atoms. The number of fused-ring (bicyclic) bond motifs is 1. The van der Waals surface area contributed by atoms with E-state index in [2.05, 4.69) is 35.2 Å². The van der Waals surface area contributed by atoms with Gasteiger partial charge < -0.3 is 19.9 Å². The van der Waals surface area contributed by atoms with Crippen LogP contribution < -0.4 is 5.73 Å². The number of carbonyl (C=O) groups excluding carboxylic acids is 1. The molecule has 0 aliphatic carbocycles. The molecule has 1 aromatic carbocycles. The number of nitrogens with zero attached hydrogens (tertiary/aromatic N) is 5. The largest absolute Gasteiger partial charge is 0.443 e. The van der Waals surface area contributed by atoms with Gasteiger partial charge in [0.1, 0.15) is 11.4 Å². The molecule has 2 aromatic heterocycles. The van der Waals surface area contributed by atoms with Gasteiger partial charge in [-0.25, -0.2) is 18.8 Å². The third kappa shape index (κ3) is 9.99. The highest BCUT2D eigenvalue weighted by atomic mass is 19.1. The summed E-state index contributed by atoms with van der Waals surface area (Å²) in [5, 5.41) is 7.56. The van der Waals surface area contributed by atoms with Crippen LogP contribution in [0.1, 0.15) is 94.4 Å². The molecule has 0 unspecified atom stereocenters.